The van der Waals surface area contributed by atoms with Gasteiger partial charge in [0, 0.05) is 30.2 Å². The number of rotatable bonds is 2. The van der Waals surface area contributed by atoms with Crippen molar-refractivity contribution in [2.75, 3.05) is 6.54 Å². The Kier molecular flexibility index (Phi) is 3.76. The van der Waals surface area contributed by atoms with Crippen molar-refractivity contribution in [3.05, 3.63) is 74.0 Å². The third-order valence-electron chi connectivity index (χ3n) is 4.23. The van der Waals surface area contributed by atoms with Crippen LogP contribution in [0.4, 0.5) is 4.39 Å². The average Bonchev–Trinajstić information content (AvgIpc) is 3.03. The lowest BCUT2D eigenvalue weighted by Gasteiger charge is -2.26. The molecule has 132 valence electrons. The van der Waals surface area contributed by atoms with Gasteiger partial charge < -0.3 is 14.4 Å². The minimum atomic E-state index is -0.754. The Labute approximate surface area is 145 Å². The topological polar surface area (TPSA) is 112 Å². The molecule has 0 bridgehead atoms. The molecule has 1 aromatic carbocycles. The zero-order chi connectivity index (χ0) is 18.3. The molecule has 0 saturated carbocycles. The van der Waals surface area contributed by atoms with Gasteiger partial charge in [-0.3, -0.25) is 14.6 Å². The zero-order valence-electron chi connectivity index (χ0n) is 13.4. The SMILES string of the molecule is O=C(c1cc(=O)[nH]c(=O)[nH]1)N1CCc2onc(-c3ccccc3F)c2C1. The van der Waals surface area contributed by atoms with E-state index in [-0.39, 0.29) is 17.8 Å². The summed E-state index contributed by atoms with van der Waals surface area (Å²) in [6.07, 6.45) is 0.399. The van der Waals surface area contributed by atoms with Crippen LogP contribution in [-0.4, -0.2) is 32.5 Å². The van der Waals surface area contributed by atoms with Crippen LogP contribution in [0.5, 0.6) is 0 Å². The summed E-state index contributed by atoms with van der Waals surface area (Å²) in [6, 6.07) is 7.20. The molecule has 9 heteroatoms. The van der Waals surface area contributed by atoms with E-state index in [0.29, 0.717) is 30.0 Å². The highest BCUT2D eigenvalue weighted by Gasteiger charge is 2.29. The minimum Gasteiger partial charge on any atom is -0.360 e. The van der Waals surface area contributed by atoms with Crippen LogP contribution in [-0.2, 0) is 13.0 Å². The maximum atomic E-state index is 14.1. The standard InChI is InChI=1S/C17H13FN4O4/c18-11-4-2-1-3-9(11)15-10-8-22(6-5-13(10)26-21-15)16(24)12-7-14(23)20-17(25)19-12/h1-4,7H,5-6,8H2,(H2,19,20,23,25). The highest BCUT2D eigenvalue weighted by atomic mass is 19.1. The maximum Gasteiger partial charge on any atom is 0.326 e. The molecule has 0 saturated heterocycles. The van der Waals surface area contributed by atoms with Gasteiger partial charge in [0.15, 0.2) is 0 Å². The normalized spacial score (nSPS) is 13.5. The number of aromatic nitrogens is 3. The Morgan fingerprint density at radius 2 is 2.04 bits per heavy atom. The van der Waals surface area contributed by atoms with Gasteiger partial charge in [-0.15, -0.1) is 0 Å². The van der Waals surface area contributed by atoms with Crippen LogP contribution in [0.3, 0.4) is 0 Å². The number of carbonyl (C=O) groups excluding carboxylic acids is 1. The van der Waals surface area contributed by atoms with Crippen LogP contribution in [0, 0.1) is 5.82 Å². The Morgan fingerprint density at radius 3 is 2.81 bits per heavy atom. The zero-order valence-corrected chi connectivity index (χ0v) is 13.4. The van der Waals surface area contributed by atoms with Crippen LogP contribution < -0.4 is 11.2 Å². The predicted octanol–water partition coefficient (Wildman–Crippen LogP) is 1.06. The van der Waals surface area contributed by atoms with Gasteiger partial charge in [0.2, 0.25) is 0 Å². The largest absolute Gasteiger partial charge is 0.360 e. The summed E-state index contributed by atoms with van der Waals surface area (Å²) in [5.74, 6) is -0.350. The number of fused-ring (bicyclic) bond motifs is 1. The fraction of sp³-hybridized carbons (Fsp3) is 0.176. The Bertz CT molecular complexity index is 1090. The fourth-order valence-corrected chi connectivity index (χ4v) is 3.00. The molecule has 2 N–H and O–H groups in total. The molecule has 0 fully saturated rings. The van der Waals surface area contributed by atoms with E-state index in [1.165, 1.54) is 11.0 Å². The van der Waals surface area contributed by atoms with E-state index in [4.69, 9.17) is 4.52 Å². The molecule has 4 rings (SSSR count). The van der Waals surface area contributed by atoms with Crippen molar-refractivity contribution in [3.8, 4) is 11.3 Å². The molecule has 3 aromatic rings. The quantitative estimate of drug-likeness (QED) is 0.713. The molecule has 0 unspecified atom stereocenters. The molecular formula is C17H13FN4O4. The van der Waals surface area contributed by atoms with Gasteiger partial charge in [-0.05, 0) is 12.1 Å². The number of aromatic amines is 2. The van der Waals surface area contributed by atoms with Gasteiger partial charge >= 0.3 is 5.69 Å². The number of nitrogens with zero attached hydrogens (tertiary/aromatic N) is 2. The Morgan fingerprint density at radius 1 is 1.23 bits per heavy atom. The van der Waals surface area contributed by atoms with Crippen LogP contribution in [0.15, 0.2) is 44.4 Å². The smallest absolute Gasteiger partial charge is 0.326 e. The second-order valence-electron chi connectivity index (χ2n) is 5.89. The number of hydrogen-bond acceptors (Lipinski definition) is 5. The van der Waals surface area contributed by atoms with E-state index < -0.39 is 23.0 Å². The van der Waals surface area contributed by atoms with E-state index in [1.807, 2.05) is 4.98 Å². The summed E-state index contributed by atoms with van der Waals surface area (Å²) in [7, 11) is 0. The molecular weight excluding hydrogens is 343 g/mol. The van der Waals surface area contributed by atoms with Crippen molar-refractivity contribution in [2.24, 2.45) is 0 Å². The average molecular weight is 356 g/mol. The molecule has 0 radical (unpaired) electrons. The monoisotopic (exact) mass is 356 g/mol. The van der Waals surface area contributed by atoms with Gasteiger partial charge in [0.05, 0.1) is 6.54 Å². The van der Waals surface area contributed by atoms with Crippen LogP contribution >= 0.6 is 0 Å². The van der Waals surface area contributed by atoms with Crippen LogP contribution in [0.1, 0.15) is 21.8 Å². The summed E-state index contributed by atoms with van der Waals surface area (Å²) in [5.41, 5.74) is -0.276. The van der Waals surface area contributed by atoms with E-state index in [0.717, 1.165) is 6.07 Å². The van der Waals surface area contributed by atoms with Crippen molar-refractivity contribution >= 4 is 5.91 Å². The second-order valence-corrected chi connectivity index (χ2v) is 5.89. The third-order valence-corrected chi connectivity index (χ3v) is 4.23. The lowest BCUT2D eigenvalue weighted by molar-refractivity contribution is 0.0722. The second kappa shape index (κ2) is 6.10. The summed E-state index contributed by atoms with van der Waals surface area (Å²) >= 11 is 0. The molecule has 26 heavy (non-hydrogen) atoms. The van der Waals surface area contributed by atoms with Crippen molar-refractivity contribution in [3.63, 3.8) is 0 Å². The predicted molar refractivity (Wildman–Crippen MR) is 88.0 cm³/mol. The first-order valence-corrected chi connectivity index (χ1v) is 7.88. The highest BCUT2D eigenvalue weighted by Crippen LogP contribution is 2.31. The summed E-state index contributed by atoms with van der Waals surface area (Å²) in [5, 5.41) is 3.96. The maximum absolute atomic E-state index is 14.1. The number of carbonyl (C=O) groups is 1. The molecule has 0 atom stereocenters. The van der Waals surface area contributed by atoms with E-state index >= 15 is 0 Å². The van der Waals surface area contributed by atoms with E-state index in [1.54, 1.807) is 18.2 Å². The van der Waals surface area contributed by atoms with E-state index in [2.05, 4.69) is 10.1 Å². The van der Waals surface area contributed by atoms with Crippen molar-refractivity contribution in [2.45, 2.75) is 13.0 Å². The first-order chi connectivity index (χ1) is 12.5. The van der Waals surface area contributed by atoms with Crippen molar-refractivity contribution < 1.29 is 13.7 Å². The lowest BCUT2D eigenvalue weighted by atomic mass is 10.0. The molecule has 8 nitrogen and oxygen atoms in total. The molecule has 0 spiro atoms. The van der Waals surface area contributed by atoms with Crippen LogP contribution in [0.2, 0.25) is 0 Å². The van der Waals surface area contributed by atoms with Crippen molar-refractivity contribution in [1.82, 2.24) is 20.0 Å². The summed E-state index contributed by atoms with van der Waals surface area (Å²) in [4.78, 5) is 41.2. The van der Waals surface area contributed by atoms with Gasteiger partial charge in [0.25, 0.3) is 11.5 Å². The first kappa shape index (κ1) is 16.0. The van der Waals surface area contributed by atoms with Crippen molar-refractivity contribution in [1.29, 1.82) is 0 Å². The van der Waals surface area contributed by atoms with Gasteiger partial charge in [-0.1, -0.05) is 17.3 Å². The molecule has 1 amide bonds. The fourth-order valence-electron chi connectivity index (χ4n) is 3.00. The van der Waals surface area contributed by atoms with Gasteiger partial charge in [0.1, 0.15) is 23.0 Å². The van der Waals surface area contributed by atoms with Gasteiger partial charge in [-0.25, -0.2) is 9.18 Å². The van der Waals surface area contributed by atoms with Gasteiger partial charge in [-0.2, -0.15) is 0 Å². The highest BCUT2D eigenvalue weighted by molar-refractivity contribution is 5.92. The summed E-state index contributed by atoms with van der Waals surface area (Å²) < 4.78 is 19.4. The Hall–Kier alpha value is -3.49. The number of H-pyrrole nitrogens is 2. The number of hydrogen-bond donors (Lipinski definition) is 2. The van der Waals surface area contributed by atoms with E-state index in [9.17, 15) is 18.8 Å². The third kappa shape index (κ3) is 2.73. The molecule has 1 aliphatic rings. The number of nitrogens with one attached hydrogen (secondary N) is 2. The lowest BCUT2D eigenvalue weighted by Crippen LogP contribution is -2.38. The minimum absolute atomic E-state index is 0.105. The molecule has 3 heterocycles. The Balaban J connectivity index is 1.69. The summed E-state index contributed by atoms with van der Waals surface area (Å²) in [6.45, 7) is 0.461. The number of halogens is 1. The first-order valence-electron chi connectivity index (χ1n) is 7.88. The molecule has 0 aliphatic carbocycles. The number of benzene rings is 1. The molecule has 1 aliphatic heterocycles. The van der Waals surface area contributed by atoms with Crippen LogP contribution in [0.25, 0.3) is 11.3 Å². The molecule has 2 aromatic heterocycles. The number of amides is 1.